The van der Waals surface area contributed by atoms with Crippen molar-refractivity contribution in [1.82, 2.24) is 15.2 Å². The average molecular weight is 507 g/mol. The zero-order valence-corrected chi connectivity index (χ0v) is 20.9. The number of nitrogens with zero attached hydrogens (tertiary/aromatic N) is 2. The van der Waals surface area contributed by atoms with Crippen LogP contribution in [0.1, 0.15) is 17.5 Å². The van der Waals surface area contributed by atoms with E-state index in [9.17, 15) is 14.0 Å². The number of pyridine rings is 1. The second kappa shape index (κ2) is 12.3. The van der Waals surface area contributed by atoms with Crippen LogP contribution in [-0.4, -0.2) is 49.0 Å². The van der Waals surface area contributed by atoms with E-state index in [0.29, 0.717) is 49.8 Å². The van der Waals surface area contributed by atoms with E-state index in [1.165, 1.54) is 24.3 Å². The Labute approximate surface area is 215 Å². The van der Waals surface area contributed by atoms with Gasteiger partial charge in [0.25, 0.3) is 0 Å². The Morgan fingerprint density at radius 1 is 0.919 bits per heavy atom. The van der Waals surface area contributed by atoms with E-state index < -0.39 is 5.92 Å². The van der Waals surface area contributed by atoms with Crippen LogP contribution in [0, 0.1) is 17.7 Å². The van der Waals surface area contributed by atoms with Gasteiger partial charge in [0, 0.05) is 44.3 Å². The van der Waals surface area contributed by atoms with Crippen LogP contribution < -0.4 is 20.1 Å². The number of piperidine rings is 1. The van der Waals surface area contributed by atoms with Gasteiger partial charge in [-0.15, -0.1) is 0 Å². The molecule has 9 heteroatoms. The van der Waals surface area contributed by atoms with Gasteiger partial charge in [-0.25, -0.2) is 4.39 Å². The zero-order chi connectivity index (χ0) is 26.2. The predicted octanol–water partition coefficient (Wildman–Crippen LogP) is 3.63. The third-order valence-corrected chi connectivity index (χ3v) is 6.45. The number of rotatable bonds is 9. The first-order valence-electron chi connectivity index (χ1n) is 12.1. The normalized spacial score (nSPS) is 17.6. The molecule has 0 unspecified atom stereocenters. The SMILES string of the molecule is COc1ccc(CNC(=O)[C@H]2C[C@@H](C(=O)Nc3ccc(F)cc3)CN(Cc3ccncc3)C2)cc1OC. The second-order valence-corrected chi connectivity index (χ2v) is 9.08. The molecule has 2 heterocycles. The number of hydrogen-bond donors (Lipinski definition) is 2. The third-order valence-electron chi connectivity index (χ3n) is 6.45. The average Bonchev–Trinajstić information content (AvgIpc) is 2.93. The van der Waals surface area contributed by atoms with Gasteiger partial charge in [-0.2, -0.15) is 0 Å². The van der Waals surface area contributed by atoms with E-state index in [0.717, 1.165) is 11.1 Å². The van der Waals surface area contributed by atoms with Gasteiger partial charge in [0.15, 0.2) is 11.5 Å². The van der Waals surface area contributed by atoms with Crippen molar-refractivity contribution in [2.75, 3.05) is 32.6 Å². The van der Waals surface area contributed by atoms with Crippen molar-refractivity contribution in [2.45, 2.75) is 19.5 Å². The van der Waals surface area contributed by atoms with Crippen molar-refractivity contribution in [3.8, 4) is 11.5 Å². The molecule has 4 rings (SSSR count). The molecule has 3 aromatic rings. The Balaban J connectivity index is 1.45. The van der Waals surface area contributed by atoms with Crippen LogP contribution in [-0.2, 0) is 22.7 Å². The number of aromatic nitrogens is 1. The lowest BCUT2D eigenvalue weighted by atomic mass is 9.87. The Hall–Kier alpha value is -3.98. The lowest BCUT2D eigenvalue weighted by Gasteiger charge is -2.36. The molecule has 2 amide bonds. The van der Waals surface area contributed by atoms with E-state index in [2.05, 4.69) is 20.5 Å². The Kier molecular flexibility index (Phi) is 8.68. The highest BCUT2D eigenvalue weighted by atomic mass is 19.1. The van der Waals surface area contributed by atoms with Crippen LogP contribution in [0.2, 0.25) is 0 Å². The molecule has 1 aromatic heterocycles. The summed E-state index contributed by atoms with van der Waals surface area (Å²) in [5.74, 6) is -0.250. The molecule has 0 spiro atoms. The molecule has 2 aromatic carbocycles. The van der Waals surface area contributed by atoms with E-state index in [1.807, 2.05) is 24.3 Å². The van der Waals surface area contributed by atoms with Crippen molar-refractivity contribution in [2.24, 2.45) is 11.8 Å². The summed E-state index contributed by atoms with van der Waals surface area (Å²) >= 11 is 0. The maximum Gasteiger partial charge on any atom is 0.228 e. The summed E-state index contributed by atoms with van der Waals surface area (Å²) < 4.78 is 23.9. The zero-order valence-electron chi connectivity index (χ0n) is 20.9. The van der Waals surface area contributed by atoms with Crippen molar-refractivity contribution >= 4 is 17.5 Å². The maximum absolute atomic E-state index is 13.3. The molecule has 2 N–H and O–H groups in total. The van der Waals surface area contributed by atoms with Crippen LogP contribution >= 0.6 is 0 Å². The summed E-state index contributed by atoms with van der Waals surface area (Å²) in [5, 5.41) is 5.88. The highest BCUT2D eigenvalue weighted by molar-refractivity contribution is 5.93. The molecule has 0 saturated carbocycles. The van der Waals surface area contributed by atoms with Gasteiger partial charge in [-0.1, -0.05) is 6.07 Å². The molecule has 1 saturated heterocycles. The molecule has 8 nitrogen and oxygen atoms in total. The van der Waals surface area contributed by atoms with Crippen LogP contribution in [0.25, 0.3) is 0 Å². The molecular formula is C28H31FN4O4. The Morgan fingerprint density at radius 2 is 1.59 bits per heavy atom. The summed E-state index contributed by atoms with van der Waals surface area (Å²) in [7, 11) is 3.14. The number of anilines is 1. The molecule has 0 aliphatic carbocycles. The number of methoxy groups -OCH3 is 2. The standard InChI is InChI=1S/C28H31FN4O4/c1-36-25-8-3-20(13-26(25)37-2)15-31-27(34)21-14-22(28(35)32-24-6-4-23(29)5-7-24)18-33(17-21)16-19-9-11-30-12-10-19/h3-13,21-22H,14-18H2,1-2H3,(H,31,34)(H,32,35)/t21-,22+/m0/s1. The monoisotopic (exact) mass is 506 g/mol. The topological polar surface area (TPSA) is 92.8 Å². The number of nitrogens with one attached hydrogen (secondary N) is 2. The maximum atomic E-state index is 13.3. The van der Waals surface area contributed by atoms with Gasteiger partial charge in [0.2, 0.25) is 11.8 Å². The number of hydrogen-bond acceptors (Lipinski definition) is 6. The number of carbonyl (C=O) groups is 2. The van der Waals surface area contributed by atoms with Gasteiger partial charge in [-0.05, 0) is 66.1 Å². The molecule has 1 fully saturated rings. The van der Waals surface area contributed by atoms with Crippen LogP contribution in [0.4, 0.5) is 10.1 Å². The molecule has 0 bridgehead atoms. The summed E-state index contributed by atoms with van der Waals surface area (Å²) in [6, 6.07) is 15.0. The summed E-state index contributed by atoms with van der Waals surface area (Å²) in [4.78, 5) is 32.5. The van der Waals surface area contributed by atoms with E-state index in [-0.39, 0.29) is 23.5 Å². The lowest BCUT2D eigenvalue weighted by molar-refractivity contribution is -0.130. The summed E-state index contributed by atoms with van der Waals surface area (Å²) in [6.45, 7) is 1.96. The largest absolute Gasteiger partial charge is 0.493 e. The van der Waals surface area contributed by atoms with Crippen LogP contribution in [0.5, 0.6) is 11.5 Å². The first-order chi connectivity index (χ1) is 17.9. The van der Waals surface area contributed by atoms with Crippen LogP contribution in [0.15, 0.2) is 67.0 Å². The minimum Gasteiger partial charge on any atom is -0.493 e. The Morgan fingerprint density at radius 3 is 2.27 bits per heavy atom. The van der Waals surface area contributed by atoms with Crippen molar-refractivity contribution in [3.63, 3.8) is 0 Å². The fourth-order valence-electron chi connectivity index (χ4n) is 4.55. The van der Waals surface area contributed by atoms with Crippen molar-refractivity contribution < 1.29 is 23.5 Å². The number of amides is 2. The first-order valence-corrected chi connectivity index (χ1v) is 12.1. The first kappa shape index (κ1) is 26.1. The highest BCUT2D eigenvalue weighted by Crippen LogP contribution is 2.28. The van der Waals surface area contributed by atoms with Gasteiger partial charge < -0.3 is 20.1 Å². The number of likely N-dealkylation sites (tertiary alicyclic amines) is 1. The fourth-order valence-corrected chi connectivity index (χ4v) is 4.55. The van der Waals surface area contributed by atoms with Crippen molar-refractivity contribution in [3.05, 3.63) is 83.9 Å². The quantitative estimate of drug-likeness (QED) is 0.461. The summed E-state index contributed by atoms with van der Waals surface area (Å²) in [5.41, 5.74) is 2.45. The van der Waals surface area contributed by atoms with Crippen LogP contribution in [0.3, 0.4) is 0 Å². The van der Waals surface area contributed by atoms with E-state index in [4.69, 9.17) is 9.47 Å². The van der Waals surface area contributed by atoms with E-state index >= 15 is 0 Å². The van der Waals surface area contributed by atoms with Crippen molar-refractivity contribution in [1.29, 1.82) is 0 Å². The fraction of sp³-hybridized carbons (Fsp3) is 0.321. The molecule has 2 atom stereocenters. The molecule has 1 aliphatic heterocycles. The minimum absolute atomic E-state index is 0.117. The smallest absolute Gasteiger partial charge is 0.228 e. The molecule has 1 aliphatic rings. The predicted molar refractivity (Wildman–Crippen MR) is 138 cm³/mol. The van der Waals surface area contributed by atoms with Gasteiger partial charge >= 0.3 is 0 Å². The number of ether oxygens (including phenoxy) is 2. The van der Waals surface area contributed by atoms with Gasteiger partial charge in [0.05, 0.1) is 26.1 Å². The highest BCUT2D eigenvalue weighted by Gasteiger charge is 2.35. The molecule has 194 valence electrons. The lowest BCUT2D eigenvalue weighted by Crippen LogP contribution is -2.48. The van der Waals surface area contributed by atoms with Gasteiger partial charge in [-0.3, -0.25) is 19.5 Å². The number of carbonyl (C=O) groups excluding carboxylic acids is 2. The molecular weight excluding hydrogens is 475 g/mol. The summed E-state index contributed by atoms with van der Waals surface area (Å²) in [6.07, 6.45) is 3.87. The Bertz CT molecular complexity index is 1210. The third kappa shape index (κ3) is 7.04. The van der Waals surface area contributed by atoms with E-state index in [1.54, 1.807) is 32.7 Å². The minimum atomic E-state index is -0.405. The molecule has 37 heavy (non-hydrogen) atoms. The molecule has 0 radical (unpaired) electrons. The van der Waals surface area contributed by atoms with Gasteiger partial charge in [0.1, 0.15) is 5.82 Å². The second-order valence-electron chi connectivity index (χ2n) is 9.08. The number of halogens is 1. The number of benzene rings is 2.